The van der Waals surface area contributed by atoms with Crippen molar-refractivity contribution in [1.82, 2.24) is 4.98 Å². The van der Waals surface area contributed by atoms with E-state index in [1.165, 1.54) is 41.0 Å². The lowest BCUT2D eigenvalue weighted by Gasteiger charge is -2.40. The van der Waals surface area contributed by atoms with Crippen molar-refractivity contribution in [1.29, 1.82) is 0 Å². The first-order valence-corrected chi connectivity index (χ1v) is 13.1. The van der Waals surface area contributed by atoms with Crippen LogP contribution in [-0.2, 0) is 6.61 Å². The number of aromatic nitrogens is 1. The summed E-state index contributed by atoms with van der Waals surface area (Å²) in [6, 6.07) is 14.0. The number of fused-ring (bicyclic) bond motifs is 6. The van der Waals surface area contributed by atoms with Crippen LogP contribution in [0, 0.1) is 17.8 Å². The van der Waals surface area contributed by atoms with E-state index in [0.29, 0.717) is 28.5 Å². The van der Waals surface area contributed by atoms with Gasteiger partial charge < -0.3 is 14.5 Å². The minimum Gasteiger partial charge on any atom is -0.493 e. The van der Waals surface area contributed by atoms with Crippen LogP contribution in [0.4, 0.5) is 0 Å². The minimum absolute atomic E-state index is 0.0493. The molecule has 4 nitrogen and oxygen atoms in total. The molecule has 0 saturated heterocycles. The van der Waals surface area contributed by atoms with Crippen LogP contribution < -0.4 is 14.3 Å². The first-order chi connectivity index (χ1) is 15.6. The molecule has 2 aliphatic carbocycles. The summed E-state index contributed by atoms with van der Waals surface area (Å²) in [6.07, 6.45) is 3.97. The van der Waals surface area contributed by atoms with Crippen molar-refractivity contribution in [2.45, 2.75) is 42.1 Å². The van der Waals surface area contributed by atoms with Crippen LogP contribution in [0.3, 0.4) is 0 Å². The largest absolute Gasteiger partial charge is 0.493 e. The number of ether oxygens (including phenoxy) is 2. The molecule has 6 rings (SSSR count). The molecule has 1 aromatic heterocycles. The van der Waals surface area contributed by atoms with E-state index in [0.717, 1.165) is 28.2 Å². The average Bonchev–Trinajstić information content (AvgIpc) is 3.50. The van der Waals surface area contributed by atoms with Gasteiger partial charge >= 0.3 is 4.87 Å². The van der Waals surface area contributed by atoms with Crippen LogP contribution in [0.2, 0.25) is 5.02 Å². The smallest absolute Gasteiger partial charge is 0.305 e. The Bertz CT molecular complexity index is 1220. The van der Waals surface area contributed by atoms with Gasteiger partial charge in [-0.05, 0) is 72.4 Å². The van der Waals surface area contributed by atoms with Crippen LogP contribution >= 0.6 is 34.7 Å². The number of thioether (sulfide) groups is 1. The SMILES string of the molecule is COc1cc([C@H]2c3sc(=O)[nH]c3S[C@H]3[C@H]4CC[C@@H](C4)[C@@H]23)ccc1OCc1cccc(Cl)c1. The van der Waals surface area contributed by atoms with Crippen molar-refractivity contribution < 1.29 is 9.47 Å². The Morgan fingerprint density at radius 3 is 2.84 bits per heavy atom. The summed E-state index contributed by atoms with van der Waals surface area (Å²) >= 11 is 9.40. The van der Waals surface area contributed by atoms with E-state index >= 15 is 0 Å². The van der Waals surface area contributed by atoms with Crippen molar-refractivity contribution >= 4 is 34.7 Å². The maximum atomic E-state index is 12.2. The third-order valence-electron chi connectivity index (χ3n) is 7.30. The molecule has 0 unspecified atom stereocenters. The minimum atomic E-state index is 0.0493. The standard InChI is InChI=1S/C25H24ClNO3S2/c1-29-19-11-15(7-8-18(19)30-12-13-3-2-4-17(26)9-13)21-20-14-5-6-16(10-14)22(20)31-24-23(21)32-25(28)27-24/h2-4,7-9,11,14,16,20-22H,5-6,10,12H2,1H3,(H,27,28)/t14-,16-,20-,21+,22-/m0/s1. The molecule has 0 spiro atoms. The van der Waals surface area contributed by atoms with E-state index in [1.807, 2.05) is 42.1 Å². The third kappa shape index (κ3) is 3.47. The van der Waals surface area contributed by atoms with Gasteiger partial charge in [0.25, 0.3) is 0 Å². The Morgan fingerprint density at radius 1 is 1.12 bits per heavy atom. The van der Waals surface area contributed by atoms with Crippen LogP contribution in [0.25, 0.3) is 0 Å². The fourth-order valence-corrected chi connectivity index (χ4v) is 9.11. The third-order valence-corrected chi connectivity index (χ3v) is 10.2. The lowest BCUT2D eigenvalue weighted by atomic mass is 9.75. The lowest BCUT2D eigenvalue weighted by molar-refractivity contribution is 0.282. The molecule has 1 N–H and O–H groups in total. The van der Waals surface area contributed by atoms with Gasteiger partial charge in [0.15, 0.2) is 11.5 Å². The molecule has 2 fully saturated rings. The van der Waals surface area contributed by atoms with Gasteiger partial charge in [0.1, 0.15) is 6.61 Å². The normalized spacial score (nSPS) is 27.8. The Hall–Kier alpha value is -1.89. The molecule has 5 atom stereocenters. The topological polar surface area (TPSA) is 51.3 Å². The van der Waals surface area contributed by atoms with Gasteiger partial charge in [0, 0.05) is 21.1 Å². The Kier molecular flexibility index (Phi) is 5.27. The molecule has 2 aromatic carbocycles. The van der Waals surface area contributed by atoms with Crippen molar-refractivity contribution in [2.24, 2.45) is 17.8 Å². The quantitative estimate of drug-likeness (QED) is 0.458. The second-order valence-corrected chi connectivity index (χ2v) is 11.6. The zero-order chi connectivity index (χ0) is 21.8. The number of H-pyrrole nitrogens is 1. The zero-order valence-corrected chi connectivity index (χ0v) is 20.1. The molecule has 2 heterocycles. The molecule has 3 aromatic rings. The number of halogens is 1. The van der Waals surface area contributed by atoms with Gasteiger partial charge in [-0.25, -0.2) is 0 Å². The number of rotatable bonds is 5. The van der Waals surface area contributed by atoms with Gasteiger partial charge in [0.05, 0.1) is 12.1 Å². The second-order valence-electron chi connectivity index (χ2n) is 9.01. The summed E-state index contributed by atoms with van der Waals surface area (Å²) in [7, 11) is 1.68. The van der Waals surface area contributed by atoms with Gasteiger partial charge in [0.2, 0.25) is 0 Å². The Morgan fingerprint density at radius 2 is 2.00 bits per heavy atom. The first kappa shape index (κ1) is 20.7. The van der Waals surface area contributed by atoms with Crippen molar-refractivity contribution in [3.8, 4) is 11.5 Å². The summed E-state index contributed by atoms with van der Waals surface area (Å²) < 4.78 is 11.8. The van der Waals surface area contributed by atoms with E-state index in [2.05, 4.69) is 17.1 Å². The van der Waals surface area contributed by atoms with Gasteiger partial charge in [-0.1, -0.05) is 41.1 Å². The predicted molar refractivity (Wildman–Crippen MR) is 130 cm³/mol. The second kappa shape index (κ2) is 8.15. The number of benzene rings is 2. The molecule has 3 aliphatic rings. The molecule has 166 valence electrons. The monoisotopic (exact) mass is 485 g/mol. The van der Waals surface area contributed by atoms with E-state index in [9.17, 15) is 4.79 Å². The van der Waals surface area contributed by atoms with Crippen LogP contribution in [0.1, 0.15) is 41.2 Å². The molecule has 7 heteroatoms. The van der Waals surface area contributed by atoms with Crippen LogP contribution in [0.5, 0.6) is 11.5 Å². The Balaban J connectivity index is 1.34. The zero-order valence-electron chi connectivity index (χ0n) is 17.7. The average molecular weight is 486 g/mol. The number of nitrogens with one attached hydrogen (secondary N) is 1. The fourth-order valence-electron chi connectivity index (χ4n) is 6.01. The van der Waals surface area contributed by atoms with Gasteiger partial charge in [-0.3, -0.25) is 4.79 Å². The molecule has 2 bridgehead atoms. The highest BCUT2D eigenvalue weighted by atomic mass is 35.5. The van der Waals surface area contributed by atoms with E-state index in [4.69, 9.17) is 21.1 Å². The Labute approximate surface area is 200 Å². The maximum absolute atomic E-state index is 12.2. The summed E-state index contributed by atoms with van der Waals surface area (Å²) in [6.45, 7) is 0.425. The summed E-state index contributed by atoms with van der Waals surface area (Å²) in [5, 5.41) is 2.38. The lowest BCUT2D eigenvalue weighted by Crippen LogP contribution is -2.33. The highest BCUT2D eigenvalue weighted by Crippen LogP contribution is 2.63. The summed E-state index contributed by atoms with van der Waals surface area (Å²) in [5.74, 6) is 3.79. The van der Waals surface area contributed by atoms with E-state index in [-0.39, 0.29) is 10.8 Å². The molecule has 0 radical (unpaired) electrons. The molecular weight excluding hydrogens is 462 g/mol. The van der Waals surface area contributed by atoms with E-state index in [1.54, 1.807) is 7.11 Å². The number of thiazole rings is 1. The van der Waals surface area contributed by atoms with Crippen molar-refractivity contribution in [3.63, 3.8) is 0 Å². The molecule has 2 saturated carbocycles. The summed E-state index contributed by atoms with van der Waals surface area (Å²) in [4.78, 5) is 16.6. The highest BCUT2D eigenvalue weighted by molar-refractivity contribution is 8.00. The predicted octanol–water partition coefficient (Wildman–Crippen LogP) is 6.33. The fraction of sp³-hybridized carbons (Fsp3) is 0.400. The molecule has 0 amide bonds. The molecule has 1 aliphatic heterocycles. The number of hydrogen-bond acceptors (Lipinski definition) is 5. The van der Waals surface area contributed by atoms with Gasteiger partial charge in [-0.2, -0.15) is 0 Å². The highest BCUT2D eigenvalue weighted by Gasteiger charge is 2.54. The first-order valence-electron chi connectivity index (χ1n) is 11.1. The van der Waals surface area contributed by atoms with Crippen molar-refractivity contribution in [2.75, 3.05) is 7.11 Å². The van der Waals surface area contributed by atoms with E-state index < -0.39 is 0 Å². The maximum Gasteiger partial charge on any atom is 0.305 e. The number of aromatic amines is 1. The number of hydrogen-bond donors (Lipinski definition) is 1. The van der Waals surface area contributed by atoms with Crippen LogP contribution in [-0.4, -0.2) is 17.3 Å². The molecule has 32 heavy (non-hydrogen) atoms. The van der Waals surface area contributed by atoms with Crippen molar-refractivity contribution in [3.05, 3.63) is 73.2 Å². The number of methoxy groups -OCH3 is 1. The molecular formula is C25H24ClNO3S2. The summed E-state index contributed by atoms with van der Waals surface area (Å²) in [5.41, 5.74) is 2.23. The van der Waals surface area contributed by atoms with Crippen LogP contribution in [0.15, 0.2) is 52.3 Å². The van der Waals surface area contributed by atoms with Gasteiger partial charge in [-0.15, -0.1) is 11.8 Å².